The fraction of sp³-hybridized carbons (Fsp3) is 0.500. The number of nitrogens with zero attached hydrogens (tertiary/aromatic N) is 1. The number of nitrogens with two attached hydrogens (primary N) is 1. The molecule has 26 heavy (non-hydrogen) atoms. The molecule has 1 aliphatic heterocycles. The van der Waals surface area contributed by atoms with Crippen molar-refractivity contribution >= 4 is 15.7 Å². The molecule has 144 valence electrons. The first-order chi connectivity index (χ1) is 12.4. The number of hydrogen-bond donors (Lipinski definition) is 1. The standard InChI is InChI=1S/C18H25FN2O4S/c1-14(11-21-8-2-3-18(21)22)13-26(23,24)17-6-4-16(5-7-17)25-12-15(9-19)10-20/h4-7,9,14H,2-3,8,10-13,20H2,1H3/b15-9+/t14-/m1/s1. The van der Waals surface area contributed by atoms with E-state index in [1.54, 1.807) is 4.90 Å². The van der Waals surface area contributed by atoms with E-state index in [1.165, 1.54) is 24.3 Å². The second-order valence-corrected chi connectivity index (χ2v) is 8.60. The fourth-order valence-corrected chi connectivity index (χ4v) is 4.45. The zero-order valence-corrected chi connectivity index (χ0v) is 15.7. The lowest BCUT2D eigenvalue weighted by Crippen LogP contribution is -2.32. The summed E-state index contributed by atoms with van der Waals surface area (Å²) in [4.78, 5) is 13.6. The summed E-state index contributed by atoms with van der Waals surface area (Å²) < 4.78 is 42.9. The quantitative estimate of drug-likeness (QED) is 0.702. The van der Waals surface area contributed by atoms with Crippen molar-refractivity contribution in [2.75, 3.05) is 32.0 Å². The van der Waals surface area contributed by atoms with E-state index in [4.69, 9.17) is 10.5 Å². The van der Waals surface area contributed by atoms with E-state index in [0.29, 0.717) is 37.2 Å². The number of benzene rings is 1. The number of ether oxygens (including phenoxy) is 1. The topological polar surface area (TPSA) is 89.7 Å². The maximum absolute atomic E-state index is 12.5. The Balaban J connectivity index is 1.94. The van der Waals surface area contributed by atoms with E-state index in [-0.39, 0.29) is 35.6 Å². The van der Waals surface area contributed by atoms with Crippen LogP contribution in [0.15, 0.2) is 41.1 Å². The molecule has 1 heterocycles. The van der Waals surface area contributed by atoms with Gasteiger partial charge in [-0.15, -0.1) is 0 Å². The molecule has 0 unspecified atom stereocenters. The van der Waals surface area contributed by atoms with Gasteiger partial charge in [0, 0.05) is 31.6 Å². The van der Waals surface area contributed by atoms with Gasteiger partial charge in [-0.05, 0) is 36.6 Å². The van der Waals surface area contributed by atoms with Crippen LogP contribution in [0, 0.1) is 5.92 Å². The Hall–Kier alpha value is -1.93. The van der Waals surface area contributed by atoms with E-state index in [2.05, 4.69) is 0 Å². The van der Waals surface area contributed by atoms with Gasteiger partial charge >= 0.3 is 0 Å². The van der Waals surface area contributed by atoms with Gasteiger partial charge in [0.2, 0.25) is 5.91 Å². The molecule has 6 nitrogen and oxygen atoms in total. The molecule has 1 aromatic rings. The lowest BCUT2D eigenvalue weighted by molar-refractivity contribution is -0.128. The average molecular weight is 384 g/mol. The minimum atomic E-state index is -3.46. The Kier molecular flexibility index (Phi) is 7.16. The van der Waals surface area contributed by atoms with Crippen LogP contribution < -0.4 is 10.5 Å². The zero-order chi connectivity index (χ0) is 19.2. The fourth-order valence-electron chi connectivity index (χ4n) is 2.85. The Morgan fingerprint density at radius 2 is 2.08 bits per heavy atom. The molecule has 0 aliphatic carbocycles. The SMILES string of the molecule is C[C@H](CN1CCCC1=O)CS(=O)(=O)c1ccc(OC/C(=C/F)CN)cc1. The maximum Gasteiger partial charge on any atom is 0.222 e. The molecule has 0 aromatic heterocycles. The highest BCUT2D eigenvalue weighted by Gasteiger charge is 2.25. The minimum Gasteiger partial charge on any atom is -0.489 e. The predicted octanol–water partition coefficient (Wildman–Crippen LogP) is 1.91. The van der Waals surface area contributed by atoms with E-state index in [9.17, 15) is 17.6 Å². The van der Waals surface area contributed by atoms with Crippen molar-refractivity contribution in [3.63, 3.8) is 0 Å². The lowest BCUT2D eigenvalue weighted by atomic mass is 10.2. The molecule has 1 amide bonds. The molecule has 1 aliphatic rings. The lowest BCUT2D eigenvalue weighted by Gasteiger charge is -2.20. The van der Waals surface area contributed by atoms with Gasteiger partial charge in [-0.1, -0.05) is 6.92 Å². The predicted molar refractivity (Wildman–Crippen MR) is 97.2 cm³/mol. The van der Waals surface area contributed by atoms with Gasteiger partial charge in [0.15, 0.2) is 9.84 Å². The highest BCUT2D eigenvalue weighted by atomic mass is 32.2. The third-order valence-electron chi connectivity index (χ3n) is 4.23. The van der Waals surface area contributed by atoms with Crippen LogP contribution in [-0.2, 0) is 14.6 Å². The first kappa shape index (κ1) is 20.4. The number of halogens is 1. The second kappa shape index (κ2) is 9.14. The molecule has 2 rings (SSSR count). The summed E-state index contributed by atoms with van der Waals surface area (Å²) in [6.45, 7) is 3.06. The van der Waals surface area contributed by atoms with Crippen molar-refractivity contribution in [2.24, 2.45) is 11.7 Å². The van der Waals surface area contributed by atoms with Gasteiger partial charge in [-0.25, -0.2) is 12.8 Å². The smallest absolute Gasteiger partial charge is 0.222 e. The Morgan fingerprint density at radius 1 is 1.38 bits per heavy atom. The summed E-state index contributed by atoms with van der Waals surface area (Å²) in [5, 5.41) is 0. The summed E-state index contributed by atoms with van der Waals surface area (Å²) in [5.41, 5.74) is 5.66. The molecule has 1 aromatic carbocycles. The average Bonchev–Trinajstić information content (AvgIpc) is 3.00. The van der Waals surface area contributed by atoms with Crippen LogP contribution in [0.2, 0.25) is 0 Å². The first-order valence-electron chi connectivity index (χ1n) is 8.57. The van der Waals surface area contributed by atoms with Gasteiger partial charge in [0.25, 0.3) is 0 Å². The molecule has 8 heteroatoms. The van der Waals surface area contributed by atoms with Crippen LogP contribution in [0.3, 0.4) is 0 Å². The van der Waals surface area contributed by atoms with Crippen molar-refractivity contribution in [1.82, 2.24) is 4.90 Å². The minimum absolute atomic E-state index is 0.0139. The molecular weight excluding hydrogens is 359 g/mol. The van der Waals surface area contributed by atoms with E-state index < -0.39 is 9.84 Å². The van der Waals surface area contributed by atoms with Crippen LogP contribution >= 0.6 is 0 Å². The zero-order valence-electron chi connectivity index (χ0n) is 14.9. The van der Waals surface area contributed by atoms with E-state index in [0.717, 1.165) is 6.42 Å². The van der Waals surface area contributed by atoms with Crippen molar-refractivity contribution in [3.8, 4) is 5.75 Å². The van der Waals surface area contributed by atoms with Crippen LogP contribution in [0.1, 0.15) is 19.8 Å². The third-order valence-corrected chi connectivity index (χ3v) is 6.23. The van der Waals surface area contributed by atoms with Crippen molar-refractivity contribution in [1.29, 1.82) is 0 Å². The van der Waals surface area contributed by atoms with Crippen LogP contribution in [-0.4, -0.2) is 51.2 Å². The Labute approximate surface area is 153 Å². The normalized spacial score (nSPS) is 16.8. The summed E-state index contributed by atoms with van der Waals surface area (Å²) >= 11 is 0. The molecule has 0 saturated carbocycles. The third kappa shape index (κ3) is 5.54. The molecule has 0 bridgehead atoms. The Morgan fingerprint density at radius 3 is 2.62 bits per heavy atom. The number of carbonyl (C=O) groups is 1. The highest BCUT2D eigenvalue weighted by Crippen LogP contribution is 2.20. The number of hydrogen-bond acceptors (Lipinski definition) is 5. The number of sulfone groups is 1. The van der Waals surface area contributed by atoms with Gasteiger partial charge in [-0.2, -0.15) is 0 Å². The van der Waals surface area contributed by atoms with E-state index in [1.807, 2.05) is 6.92 Å². The largest absolute Gasteiger partial charge is 0.489 e. The maximum atomic E-state index is 12.5. The number of amides is 1. The van der Waals surface area contributed by atoms with E-state index >= 15 is 0 Å². The van der Waals surface area contributed by atoms with Crippen molar-refractivity contribution < 1.29 is 22.3 Å². The molecular formula is C18H25FN2O4S. The number of rotatable bonds is 9. The van der Waals surface area contributed by atoms with Crippen LogP contribution in [0.5, 0.6) is 5.75 Å². The van der Waals surface area contributed by atoms with Crippen LogP contribution in [0.4, 0.5) is 4.39 Å². The number of carbonyl (C=O) groups excluding carboxylic acids is 1. The second-order valence-electron chi connectivity index (χ2n) is 6.56. The van der Waals surface area contributed by atoms with Crippen LogP contribution in [0.25, 0.3) is 0 Å². The molecule has 0 radical (unpaired) electrons. The summed E-state index contributed by atoms with van der Waals surface area (Å²) in [6.07, 6.45) is 1.79. The molecule has 0 spiro atoms. The summed E-state index contributed by atoms with van der Waals surface area (Å²) in [6, 6.07) is 6.02. The van der Waals surface area contributed by atoms with Gasteiger partial charge in [0.05, 0.1) is 17.0 Å². The first-order valence-corrected chi connectivity index (χ1v) is 10.2. The molecule has 1 atom stereocenters. The van der Waals surface area contributed by atoms with Crippen molar-refractivity contribution in [2.45, 2.75) is 24.7 Å². The number of likely N-dealkylation sites (tertiary alicyclic amines) is 1. The Bertz CT molecular complexity index is 747. The van der Waals surface area contributed by atoms with Gasteiger partial charge in [-0.3, -0.25) is 4.79 Å². The monoisotopic (exact) mass is 384 g/mol. The molecule has 1 fully saturated rings. The molecule has 2 N–H and O–H groups in total. The summed E-state index contributed by atoms with van der Waals surface area (Å²) in [5.74, 6) is 0.348. The molecule has 1 saturated heterocycles. The van der Waals surface area contributed by atoms with Gasteiger partial charge < -0.3 is 15.4 Å². The summed E-state index contributed by atoms with van der Waals surface area (Å²) in [7, 11) is -3.46. The van der Waals surface area contributed by atoms with Gasteiger partial charge in [0.1, 0.15) is 12.4 Å². The van der Waals surface area contributed by atoms with Crippen molar-refractivity contribution in [3.05, 3.63) is 36.2 Å². The highest BCUT2D eigenvalue weighted by molar-refractivity contribution is 7.91.